The predicted octanol–water partition coefficient (Wildman–Crippen LogP) is 2.08. The molecule has 7 heteroatoms. The summed E-state index contributed by atoms with van der Waals surface area (Å²) in [7, 11) is 0. The number of rotatable bonds is 6. The van der Waals surface area contributed by atoms with E-state index in [9.17, 15) is 4.79 Å². The monoisotopic (exact) mass is 361 g/mol. The molecular weight excluding hydrogens is 342 g/mol. The lowest BCUT2D eigenvalue weighted by Gasteiger charge is -2.21. The van der Waals surface area contributed by atoms with Gasteiger partial charge in [0.2, 0.25) is 0 Å². The Bertz CT molecular complexity index is 509. The average molecular weight is 362 g/mol. The Balaban J connectivity index is 2.13. The number of hydrogen-bond acceptors (Lipinski definition) is 5. The summed E-state index contributed by atoms with van der Waals surface area (Å²) in [4.78, 5) is 12.1. The molecule has 112 valence electrons. The molecule has 1 aromatic heterocycles. The van der Waals surface area contributed by atoms with Crippen LogP contribution in [-0.4, -0.2) is 38.5 Å². The van der Waals surface area contributed by atoms with E-state index in [1.807, 2.05) is 11.8 Å². The molecule has 1 saturated carbocycles. The third-order valence-corrected chi connectivity index (χ3v) is 5.56. The molecule has 2 atom stereocenters. The van der Waals surface area contributed by atoms with Gasteiger partial charge in [0.1, 0.15) is 4.47 Å². The quantitative estimate of drug-likeness (QED) is 0.811. The van der Waals surface area contributed by atoms with Crippen molar-refractivity contribution in [1.82, 2.24) is 9.78 Å². The number of halogens is 1. The van der Waals surface area contributed by atoms with Gasteiger partial charge in [-0.3, -0.25) is 4.79 Å². The third kappa shape index (κ3) is 3.56. The standard InChI is InChI=1S/C13H20BrN3O2S/c1-2-20-11-5-3-4-9(11)16-10-8-15-17(6-7-18)13(19)12(10)14/h8-9,11,16,18H,2-7H2,1H3. The van der Waals surface area contributed by atoms with Crippen LogP contribution in [0.5, 0.6) is 0 Å². The summed E-state index contributed by atoms with van der Waals surface area (Å²) in [6, 6.07) is 0.395. The van der Waals surface area contributed by atoms with Gasteiger partial charge in [-0.1, -0.05) is 13.3 Å². The fraction of sp³-hybridized carbons (Fsp3) is 0.692. The molecule has 20 heavy (non-hydrogen) atoms. The smallest absolute Gasteiger partial charge is 0.283 e. The highest BCUT2D eigenvalue weighted by molar-refractivity contribution is 9.10. The number of nitrogens with one attached hydrogen (secondary N) is 1. The van der Waals surface area contributed by atoms with Gasteiger partial charge in [0.15, 0.2) is 0 Å². The Hall–Kier alpha value is -0.530. The van der Waals surface area contributed by atoms with Gasteiger partial charge < -0.3 is 10.4 Å². The molecule has 2 rings (SSSR count). The van der Waals surface area contributed by atoms with Gasteiger partial charge in [0, 0.05) is 11.3 Å². The highest BCUT2D eigenvalue weighted by atomic mass is 79.9. The molecule has 2 unspecified atom stereocenters. The lowest BCUT2D eigenvalue weighted by atomic mass is 10.2. The maximum absolute atomic E-state index is 12.1. The Morgan fingerprint density at radius 3 is 3.10 bits per heavy atom. The highest BCUT2D eigenvalue weighted by Gasteiger charge is 2.27. The number of anilines is 1. The Morgan fingerprint density at radius 2 is 2.40 bits per heavy atom. The van der Waals surface area contributed by atoms with Gasteiger partial charge in [0.05, 0.1) is 25.0 Å². The second kappa shape index (κ2) is 7.47. The predicted molar refractivity (Wildman–Crippen MR) is 86.5 cm³/mol. The van der Waals surface area contributed by atoms with Gasteiger partial charge in [-0.2, -0.15) is 16.9 Å². The van der Waals surface area contributed by atoms with E-state index in [4.69, 9.17) is 5.11 Å². The molecule has 5 nitrogen and oxygen atoms in total. The minimum Gasteiger partial charge on any atom is -0.394 e. The summed E-state index contributed by atoms with van der Waals surface area (Å²) >= 11 is 5.32. The van der Waals surface area contributed by atoms with Crippen LogP contribution >= 0.6 is 27.7 Å². The number of thioether (sulfide) groups is 1. The maximum atomic E-state index is 12.1. The topological polar surface area (TPSA) is 67.2 Å². The van der Waals surface area contributed by atoms with Crippen LogP contribution in [0.25, 0.3) is 0 Å². The zero-order chi connectivity index (χ0) is 14.5. The molecule has 0 aromatic carbocycles. The first-order valence-electron chi connectivity index (χ1n) is 6.92. The van der Waals surface area contributed by atoms with Crippen LogP contribution in [0.2, 0.25) is 0 Å². The molecule has 0 spiro atoms. The fourth-order valence-electron chi connectivity index (χ4n) is 2.52. The van der Waals surface area contributed by atoms with E-state index < -0.39 is 0 Å². The molecular formula is C13H20BrN3O2S. The molecule has 0 amide bonds. The molecule has 1 aromatic rings. The zero-order valence-corrected chi connectivity index (χ0v) is 13.9. The van der Waals surface area contributed by atoms with E-state index >= 15 is 0 Å². The highest BCUT2D eigenvalue weighted by Crippen LogP contribution is 2.32. The molecule has 0 saturated heterocycles. The van der Waals surface area contributed by atoms with Gasteiger partial charge in [-0.25, -0.2) is 4.68 Å². The molecule has 2 N–H and O–H groups in total. The lowest BCUT2D eigenvalue weighted by molar-refractivity contribution is 0.266. The summed E-state index contributed by atoms with van der Waals surface area (Å²) < 4.78 is 1.76. The third-order valence-electron chi connectivity index (χ3n) is 3.47. The van der Waals surface area contributed by atoms with Gasteiger partial charge >= 0.3 is 0 Å². The number of nitrogens with zero attached hydrogens (tertiary/aromatic N) is 2. The fourth-order valence-corrected chi connectivity index (χ4v) is 4.14. The number of aromatic nitrogens is 2. The number of aliphatic hydroxyl groups excluding tert-OH is 1. The summed E-state index contributed by atoms with van der Waals surface area (Å²) in [5, 5.41) is 17.0. The van der Waals surface area contributed by atoms with Crippen LogP contribution in [-0.2, 0) is 6.54 Å². The van der Waals surface area contributed by atoms with Crippen molar-refractivity contribution in [2.24, 2.45) is 0 Å². The average Bonchev–Trinajstić information content (AvgIpc) is 2.86. The molecule has 1 aliphatic rings. The molecule has 1 aliphatic carbocycles. The van der Waals surface area contributed by atoms with Crippen LogP contribution in [0.15, 0.2) is 15.5 Å². The zero-order valence-electron chi connectivity index (χ0n) is 11.5. The number of hydrogen-bond donors (Lipinski definition) is 2. The first kappa shape index (κ1) is 15.9. The van der Waals surface area contributed by atoms with Crippen LogP contribution in [0.1, 0.15) is 26.2 Å². The molecule has 0 bridgehead atoms. The first-order valence-corrected chi connectivity index (χ1v) is 8.76. The minimum atomic E-state index is -0.207. The van der Waals surface area contributed by atoms with Crippen molar-refractivity contribution in [3.8, 4) is 0 Å². The van der Waals surface area contributed by atoms with E-state index in [-0.39, 0.29) is 18.7 Å². The van der Waals surface area contributed by atoms with Crippen LogP contribution in [0.4, 0.5) is 5.69 Å². The van der Waals surface area contributed by atoms with E-state index in [2.05, 4.69) is 33.3 Å². The SMILES string of the molecule is CCSC1CCCC1Nc1cnn(CCO)c(=O)c1Br. The van der Waals surface area contributed by atoms with E-state index in [0.717, 1.165) is 17.9 Å². The van der Waals surface area contributed by atoms with Gasteiger partial charge in [-0.05, 0) is 34.5 Å². The summed E-state index contributed by atoms with van der Waals surface area (Å²) in [5.74, 6) is 1.11. The summed E-state index contributed by atoms with van der Waals surface area (Å²) in [5.41, 5.74) is 0.541. The van der Waals surface area contributed by atoms with Crippen LogP contribution in [0.3, 0.4) is 0 Å². The van der Waals surface area contributed by atoms with E-state index in [1.165, 1.54) is 17.5 Å². The second-order valence-electron chi connectivity index (χ2n) is 4.80. The Labute approximate surface area is 131 Å². The van der Waals surface area contributed by atoms with Crippen molar-refractivity contribution in [1.29, 1.82) is 0 Å². The van der Waals surface area contributed by atoms with Crippen molar-refractivity contribution in [3.05, 3.63) is 21.0 Å². The Kier molecular flexibility index (Phi) is 5.92. The number of aliphatic hydroxyl groups is 1. The van der Waals surface area contributed by atoms with Crippen molar-refractivity contribution >= 4 is 33.4 Å². The largest absolute Gasteiger partial charge is 0.394 e. The summed E-state index contributed by atoms with van der Waals surface area (Å²) in [6.45, 7) is 2.30. The molecule has 0 aliphatic heterocycles. The van der Waals surface area contributed by atoms with Crippen molar-refractivity contribution < 1.29 is 5.11 Å². The minimum absolute atomic E-state index is 0.0933. The van der Waals surface area contributed by atoms with Crippen molar-refractivity contribution in [3.63, 3.8) is 0 Å². The molecule has 1 heterocycles. The van der Waals surface area contributed by atoms with E-state index in [1.54, 1.807) is 6.20 Å². The normalized spacial score (nSPS) is 22.1. The summed E-state index contributed by atoms with van der Waals surface area (Å²) in [6.07, 6.45) is 5.24. The molecule has 0 radical (unpaired) electrons. The first-order chi connectivity index (χ1) is 9.67. The van der Waals surface area contributed by atoms with Gasteiger partial charge in [-0.15, -0.1) is 0 Å². The maximum Gasteiger partial charge on any atom is 0.283 e. The van der Waals surface area contributed by atoms with Crippen LogP contribution in [0, 0.1) is 0 Å². The Morgan fingerprint density at radius 1 is 1.60 bits per heavy atom. The lowest BCUT2D eigenvalue weighted by Crippen LogP contribution is -2.30. The van der Waals surface area contributed by atoms with E-state index in [0.29, 0.717) is 15.8 Å². The van der Waals surface area contributed by atoms with Crippen molar-refractivity contribution in [2.75, 3.05) is 17.7 Å². The molecule has 1 fully saturated rings. The second-order valence-corrected chi connectivity index (χ2v) is 7.11. The van der Waals surface area contributed by atoms with Crippen molar-refractivity contribution in [2.45, 2.75) is 44.0 Å². The van der Waals surface area contributed by atoms with Crippen LogP contribution < -0.4 is 10.9 Å². The van der Waals surface area contributed by atoms with Gasteiger partial charge in [0.25, 0.3) is 5.56 Å².